The molecule has 1 aromatic carbocycles. The minimum atomic E-state index is -0.635. The maximum atomic E-state index is 10.5. The van der Waals surface area contributed by atoms with Crippen molar-refractivity contribution in [3.8, 4) is 0 Å². The summed E-state index contributed by atoms with van der Waals surface area (Å²) in [6.07, 6.45) is 1.91. The smallest absolute Gasteiger partial charge is 0.191 e. The molecule has 5 nitrogen and oxygen atoms in total. The molecule has 2 aliphatic rings. The fraction of sp³-hybridized carbons (Fsp3) is 0.611. The van der Waals surface area contributed by atoms with Crippen LogP contribution in [0.4, 0.5) is 5.69 Å². The number of para-hydroxylation sites is 1. The molecule has 2 fully saturated rings. The van der Waals surface area contributed by atoms with E-state index in [0.29, 0.717) is 12.6 Å². The van der Waals surface area contributed by atoms with Crippen molar-refractivity contribution in [2.24, 2.45) is 4.99 Å². The predicted molar refractivity (Wildman–Crippen MR) is 126 cm³/mol. The number of hydrogen-bond acceptors (Lipinski definition) is 4. The van der Waals surface area contributed by atoms with Gasteiger partial charge in [-0.05, 0) is 53.6 Å². The van der Waals surface area contributed by atoms with Crippen molar-refractivity contribution in [2.75, 3.05) is 42.6 Å². The molecule has 0 bridgehead atoms. The Kier molecular flexibility index (Phi) is 8.82. The number of rotatable bonds is 5. The Bertz CT molecular complexity index is 613. The third kappa shape index (κ3) is 5.90. The first-order valence-corrected chi connectivity index (χ1v) is 10.9. The molecule has 3 N–H and O–H groups in total. The Morgan fingerprint density at radius 1 is 1.46 bits per heavy atom. The molecule has 2 unspecified atom stereocenters. The molecule has 26 heavy (non-hydrogen) atoms. The summed E-state index contributed by atoms with van der Waals surface area (Å²) in [5.41, 5.74) is 0.606. The minimum Gasteiger partial charge on any atom is -0.387 e. The molecule has 8 heteroatoms. The maximum Gasteiger partial charge on any atom is 0.191 e. The molecule has 0 saturated carbocycles. The lowest BCUT2D eigenvalue weighted by atomic mass is 10.1. The van der Waals surface area contributed by atoms with E-state index in [0.717, 1.165) is 54.4 Å². The number of hydrogen-bond donors (Lipinski definition) is 3. The number of halogens is 2. The van der Waals surface area contributed by atoms with Crippen LogP contribution >= 0.6 is 51.7 Å². The van der Waals surface area contributed by atoms with Crippen LogP contribution in [0.5, 0.6) is 0 Å². The molecule has 3 rings (SSSR count). The SMILES string of the molecule is CCNC(=NCC1(O)CCSC1)NC1CCN(c2ccccc2Br)C1.I. The van der Waals surface area contributed by atoms with Gasteiger partial charge < -0.3 is 20.6 Å². The van der Waals surface area contributed by atoms with Crippen LogP contribution in [0.2, 0.25) is 0 Å². The van der Waals surface area contributed by atoms with Crippen molar-refractivity contribution in [3.05, 3.63) is 28.7 Å². The fourth-order valence-corrected chi connectivity index (χ4v) is 5.09. The van der Waals surface area contributed by atoms with Gasteiger partial charge in [-0.1, -0.05) is 12.1 Å². The van der Waals surface area contributed by atoms with Gasteiger partial charge in [0.2, 0.25) is 0 Å². The molecule has 2 heterocycles. The molecule has 0 amide bonds. The molecule has 2 aliphatic heterocycles. The highest BCUT2D eigenvalue weighted by Crippen LogP contribution is 2.29. The number of anilines is 1. The summed E-state index contributed by atoms with van der Waals surface area (Å²) >= 11 is 5.45. The number of benzene rings is 1. The van der Waals surface area contributed by atoms with E-state index in [-0.39, 0.29) is 24.0 Å². The summed E-state index contributed by atoms with van der Waals surface area (Å²) in [6, 6.07) is 8.71. The van der Waals surface area contributed by atoms with E-state index in [1.54, 1.807) is 0 Å². The van der Waals surface area contributed by atoms with Crippen LogP contribution in [0.3, 0.4) is 0 Å². The Labute approximate surface area is 185 Å². The second-order valence-electron chi connectivity index (χ2n) is 6.75. The van der Waals surface area contributed by atoms with Crippen molar-refractivity contribution in [1.29, 1.82) is 0 Å². The topological polar surface area (TPSA) is 59.9 Å². The fourth-order valence-electron chi connectivity index (χ4n) is 3.27. The number of nitrogens with one attached hydrogen (secondary N) is 2. The van der Waals surface area contributed by atoms with E-state index in [4.69, 9.17) is 0 Å². The zero-order valence-electron chi connectivity index (χ0n) is 15.1. The Morgan fingerprint density at radius 2 is 2.27 bits per heavy atom. The van der Waals surface area contributed by atoms with Crippen molar-refractivity contribution >= 4 is 63.3 Å². The molecule has 0 aliphatic carbocycles. The van der Waals surface area contributed by atoms with Crippen molar-refractivity contribution < 1.29 is 5.11 Å². The molecule has 0 spiro atoms. The van der Waals surface area contributed by atoms with E-state index < -0.39 is 5.60 Å². The van der Waals surface area contributed by atoms with Gasteiger partial charge in [-0.15, -0.1) is 24.0 Å². The van der Waals surface area contributed by atoms with Crippen molar-refractivity contribution in [3.63, 3.8) is 0 Å². The lowest BCUT2D eigenvalue weighted by Gasteiger charge is -2.23. The van der Waals surface area contributed by atoms with Crippen molar-refractivity contribution in [1.82, 2.24) is 10.6 Å². The van der Waals surface area contributed by atoms with E-state index in [9.17, 15) is 5.11 Å². The van der Waals surface area contributed by atoms with Gasteiger partial charge in [0.1, 0.15) is 0 Å². The highest BCUT2D eigenvalue weighted by Gasteiger charge is 2.32. The second kappa shape index (κ2) is 10.4. The Balaban J connectivity index is 0.00000243. The second-order valence-corrected chi connectivity index (χ2v) is 8.71. The summed E-state index contributed by atoms with van der Waals surface area (Å²) in [5, 5.41) is 17.3. The van der Waals surface area contributed by atoms with Crippen LogP contribution in [-0.2, 0) is 0 Å². The standard InChI is InChI=1S/C18H27BrN4OS.HI/c1-2-20-17(21-12-18(24)8-10-25-13-18)22-14-7-9-23(11-14)16-6-4-3-5-15(16)19;/h3-6,14,24H,2,7-13H2,1H3,(H2,20,21,22);1H. The van der Waals surface area contributed by atoms with Gasteiger partial charge >= 0.3 is 0 Å². The first-order valence-electron chi connectivity index (χ1n) is 8.94. The normalized spacial score (nSPS) is 25.9. The number of nitrogens with zero attached hydrogens (tertiary/aromatic N) is 2. The van der Waals surface area contributed by atoms with Crippen LogP contribution in [0.1, 0.15) is 19.8 Å². The number of aliphatic imine (C=N–C) groups is 1. The summed E-state index contributed by atoms with van der Waals surface area (Å²) in [6.45, 7) is 5.34. The van der Waals surface area contributed by atoms with E-state index in [1.807, 2.05) is 17.8 Å². The first kappa shape index (κ1) is 22.1. The van der Waals surface area contributed by atoms with Crippen molar-refractivity contribution in [2.45, 2.75) is 31.4 Å². The Morgan fingerprint density at radius 3 is 2.96 bits per heavy atom. The maximum absolute atomic E-state index is 10.5. The van der Waals surface area contributed by atoms with Crippen LogP contribution in [0.25, 0.3) is 0 Å². The van der Waals surface area contributed by atoms with Crippen LogP contribution in [0.15, 0.2) is 33.7 Å². The third-order valence-corrected chi connectivity index (χ3v) is 6.59. The van der Waals surface area contributed by atoms with E-state index in [2.05, 4.69) is 61.6 Å². The molecular formula is C18H28BrIN4OS. The minimum absolute atomic E-state index is 0. The van der Waals surface area contributed by atoms with E-state index >= 15 is 0 Å². The summed E-state index contributed by atoms with van der Waals surface area (Å²) in [7, 11) is 0. The monoisotopic (exact) mass is 554 g/mol. The summed E-state index contributed by atoms with van der Waals surface area (Å²) < 4.78 is 1.14. The molecule has 2 saturated heterocycles. The number of thioether (sulfide) groups is 1. The molecule has 0 aromatic heterocycles. The molecule has 146 valence electrons. The largest absolute Gasteiger partial charge is 0.387 e. The molecular weight excluding hydrogens is 527 g/mol. The van der Waals surface area contributed by atoms with Crippen LogP contribution in [-0.4, -0.2) is 60.4 Å². The van der Waals surface area contributed by atoms with Crippen LogP contribution < -0.4 is 15.5 Å². The van der Waals surface area contributed by atoms with Gasteiger partial charge in [0.15, 0.2) is 5.96 Å². The zero-order chi connectivity index (χ0) is 17.7. The average molecular weight is 555 g/mol. The first-order chi connectivity index (χ1) is 12.1. The van der Waals surface area contributed by atoms with Gasteiger partial charge in [0.25, 0.3) is 0 Å². The highest BCUT2D eigenvalue weighted by atomic mass is 127. The van der Waals surface area contributed by atoms with Gasteiger partial charge in [0.05, 0.1) is 17.8 Å². The number of aliphatic hydroxyl groups is 1. The predicted octanol–water partition coefficient (Wildman–Crippen LogP) is 3.07. The summed E-state index contributed by atoms with van der Waals surface area (Å²) in [5.74, 6) is 2.63. The molecule has 0 radical (unpaired) electrons. The number of guanidine groups is 1. The highest BCUT2D eigenvalue weighted by molar-refractivity contribution is 14.0. The van der Waals surface area contributed by atoms with Gasteiger partial charge in [-0.25, -0.2) is 0 Å². The lowest BCUT2D eigenvalue weighted by Crippen LogP contribution is -2.45. The third-order valence-electron chi connectivity index (χ3n) is 4.68. The van der Waals surface area contributed by atoms with Gasteiger partial charge in [-0.2, -0.15) is 11.8 Å². The lowest BCUT2D eigenvalue weighted by molar-refractivity contribution is 0.0778. The zero-order valence-corrected chi connectivity index (χ0v) is 19.8. The van der Waals surface area contributed by atoms with Gasteiger partial charge in [-0.3, -0.25) is 4.99 Å². The van der Waals surface area contributed by atoms with Gasteiger partial charge in [0, 0.05) is 35.9 Å². The van der Waals surface area contributed by atoms with Crippen LogP contribution in [0, 0.1) is 0 Å². The quantitative estimate of drug-likeness (QED) is 0.297. The van der Waals surface area contributed by atoms with E-state index in [1.165, 1.54) is 5.69 Å². The average Bonchev–Trinajstić information content (AvgIpc) is 3.23. The Hall–Kier alpha value is -0.190. The molecule has 1 aromatic rings. The summed E-state index contributed by atoms with van der Waals surface area (Å²) in [4.78, 5) is 7.04. The molecule has 2 atom stereocenters.